The van der Waals surface area contributed by atoms with Crippen molar-refractivity contribution in [2.45, 2.75) is 32.4 Å². The van der Waals surface area contributed by atoms with Gasteiger partial charge >= 0.3 is 0 Å². The fraction of sp³-hybridized carbons (Fsp3) is 0.269. The molecule has 5 nitrogen and oxygen atoms in total. The highest BCUT2D eigenvalue weighted by Crippen LogP contribution is 2.45. The van der Waals surface area contributed by atoms with Gasteiger partial charge < -0.3 is 9.47 Å². The molecule has 1 aromatic heterocycles. The highest BCUT2D eigenvalue weighted by atomic mass is 16.7. The number of hydrogen-bond acceptors (Lipinski definition) is 4. The summed E-state index contributed by atoms with van der Waals surface area (Å²) in [5.74, 6) is 1.68. The van der Waals surface area contributed by atoms with Crippen LogP contribution in [0.5, 0.6) is 11.5 Å². The zero-order chi connectivity index (χ0) is 20.5. The normalized spacial score (nSPS) is 17.5. The van der Waals surface area contributed by atoms with Crippen molar-refractivity contribution >= 4 is 27.7 Å². The average molecular weight is 410 g/mol. The van der Waals surface area contributed by atoms with Gasteiger partial charge in [0.1, 0.15) is 0 Å². The van der Waals surface area contributed by atoms with Gasteiger partial charge in [0.05, 0.1) is 11.0 Å². The van der Waals surface area contributed by atoms with E-state index in [1.165, 1.54) is 27.6 Å². The van der Waals surface area contributed by atoms with Crippen molar-refractivity contribution in [3.8, 4) is 11.5 Å². The molecule has 0 saturated carbocycles. The molecule has 0 radical (unpaired) electrons. The van der Waals surface area contributed by atoms with Crippen LogP contribution in [0.4, 0.5) is 0 Å². The predicted molar refractivity (Wildman–Crippen MR) is 119 cm³/mol. The van der Waals surface area contributed by atoms with E-state index >= 15 is 0 Å². The molecule has 3 aliphatic heterocycles. The Hall–Kier alpha value is -3.31. The zero-order valence-corrected chi connectivity index (χ0v) is 17.2. The molecule has 3 aromatic carbocycles. The van der Waals surface area contributed by atoms with E-state index in [9.17, 15) is 4.79 Å². The summed E-state index contributed by atoms with van der Waals surface area (Å²) in [5.41, 5.74) is 7.48. The first-order valence-electron chi connectivity index (χ1n) is 11.0. The molecule has 5 heteroatoms. The van der Waals surface area contributed by atoms with E-state index in [4.69, 9.17) is 9.47 Å². The van der Waals surface area contributed by atoms with E-state index in [0.29, 0.717) is 6.42 Å². The van der Waals surface area contributed by atoms with Gasteiger partial charge in [-0.05, 0) is 41.2 Å². The van der Waals surface area contributed by atoms with E-state index in [0.717, 1.165) is 60.4 Å². The smallest absolute Gasteiger partial charge is 0.231 e. The number of aryl methyl sites for hydroxylation is 1. The summed E-state index contributed by atoms with van der Waals surface area (Å²) in [6.45, 7) is 3.16. The first kappa shape index (κ1) is 17.4. The number of rotatable bonds is 2. The molecule has 0 bridgehead atoms. The molecule has 0 amide bonds. The van der Waals surface area contributed by atoms with Crippen molar-refractivity contribution in [3.05, 3.63) is 70.8 Å². The molecular weight excluding hydrogens is 388 g/mol. The Morgan fingerprint density at radius 3 is 2.61 bits per heavy atom. The number of benzene rings is 3. The predicted octanol–water partition coefficient (Wildman–Crippen LogP) is 4.67. The minimum atomic E-state index is 0.174. The van der Waals surface area contributed by atoms with Gasteiger partial charge in [0.15, 0.2) is 11.5 Å². The largest absolute Gasteiger partial charge is 0.454 e. The van der Waals surface area contributed by atoms with Crippen LogP contribution in [0.1, 0.15) is 33.5 Å². The first-order valence-corrected chi connectivity index (χ1v) is 11.0. The zero-order valence-electron chi connectivity index (χ0n) is 17.2. The molecule has 0 N–H and O–H groups in total. The lowest BCUT2D eigenvalue weighted by Gasteiger charge is -2.30. The third kappa shape index (κ3) is 2.50. The summed E-state index contributed by atoms with van der Waals surface area (Å²) in [5, 5.41) is 2.36. The second-order valence-electron chi connectivity index (χ2n) is 8.79. The SMILES string of the molecule is O=C1CCc2cc3c(c4c5cc6c(cc5n1c24)OCO6)CCN(Cc1ccccc1)C3. The average Bonchev–Trinajstić information content (AvgIpc) is 3.38. The maximum atomic E-state index is 13.0. The molecule has 0 atom stereocenters. The third-order valence-corrected chi connectivity index (χ3v) is 6.98. The fourth-order valence-electron chi connectivity index (χ4n) is 5.61. The van der Waals surface area contributed by atoms with Crippen molar-refractivity contribution in [1.82, 2.24) is 9.47 Å². The monoisotopic (exact) mass is 410 g/mol. The Bertz CT molecular complexity index is 1390. The van der Waals surface area contributed by atoms with E-state index in [-0.39, 0.29) is 12.7 Å². The van der Waals surface area contributed by atoms with E-state index in [1.807, 2.05) is 10.6 Å². The second-order valence-corrected chi connectivity index (χ2v) is 8.79. The van der Waals surface area contributed by atoms with E-state index < -0.39 is 0 Å². The lowest BCUT2D eigenvalue weighted by molar-refractivity contribution is 0.0908. The van der Waals surface area contributed by atoms with Gasteiger partial charge in [0.25, 0.3) is 0 Å². The van der Waals surface area contributed by atoms with Crippen LogP contribution >= 0.6 is 0 Å². The lowest BCUT2D eigenvalue weighted by atomic mass is 9.90. The van der Waals surface area contributed by atoms with Gasteiger partial charge in [0.2, 0.25) is 12.7 Å². The van der Waals surface area contributed by atoms with E-state index in [1.54, 1.807) is 0 Å². The van der Waals surface area contributed by atoms with Crippen LogP contribution in [0.25, 0.3) is 21.8 Å². The molecule has 3 aliphatic rings. The standard InChI is InChI=1S/C26H22N2O3/c29-24-7-6-17-10-18-14-27(13-16-4-2-1-3-5-16)9-8-19(18)25-20-11-22-23(31-15-30-22)12-21(20)28(24)26(17)25/h1-5,10-12H,6-9,13-15H2. The number of carbonyl (C=O) groups is 1. The van der Waals surface area contributed by atoms with Gasteiger partial charge in [-0.25, -0.2) is 0 Å². The molecule has 0 saturated heterocycles. The minimum absolute atomic E-state index is 0.174. The van der Waals surface area contributed by atoms with Crippen molar-refractivity contribution in [2.24, 2.45) is 0 Å². The van der Waals surface area contributed by atoms with Gasteiger partial charge in [-0.3, -0.25) is 14.3 Å². The molecule has 31 heavy (non-hydrogen) atoms. The van der Waals surface area contributed by atoms with Crippen LogP contribution in [0.2, 0.25) is 0 Å². The molecular formula is C26H22N2O3. The summed E-state index contributed by atoms with van der Waals surface area (Å²) in [4.78, 5) is 15.5. The van der Waals surface area contributed by atoms with Crippen LogP contribution in [-0.4, -0.2) is 28.7 Å². The Balaban J connectivity index is 1.42. The Morgan fingerprint density at radius 1 is 0.903 bits per heavy atom. The van der Waals surface area contributed by atoms with Crippen molar-refractivity contribution in [1.29, 1.82) is 0 Å². The maximum absolute atomic E-state index is 13.0. The van der Waals surface area contributed by atoms with Crippen LogP contribution in [0.3, 0.4) is 0 Å². The van der Waals surface area contributed by atoms with Crippen LogP contribution in [0, 0.1) is 0 Å². The summed E-state index contributed by atoms with van der Waals surface area (Å²) >= 11 is 0. The van der Waals surface area contributed by atoms with Crippen LogP contribution < -0.4 is 9.47 Å². The minimum Gasteiger partial charge on any atom is -0.454 e. The molecule has 0 unspecified atom stereocenters. The molecule has 0 spiro atoms. The highest BCUT2D eigenvalue weighted by Gasteiger charge is 2.30. The number of aromatic nitrogens is 1. The van der Waals surface area contributed by atoms with Crippen LogP contribution in [-0.2, 0) is 25.9 Å². The lowest BCUT2D eigenvalue weighted by Crippen LogP contribution is -2.30. The van der Waals surface area contributed by atoms with Gasteiger partial charge in [-0.2, -0.15) is 0 Å². The molecule has 7 rings (SSSR count). The number of fused-ring (bicyclic) bond motifs is 6. The first-order chi connectivity index (χ1) is 15.3. The molecule has 0 aliphatic carbocycles. The number of ether oxygens (including phenoxy) is 2. The Labute approximate surface area is 179 Å². The summed E-state index contributed by atoms with van der Waals surface area (Å²) < 4.78 is 13.2. The number of carbonyl (C=O) groups excluding carboxylic acids is 1. The fourth-order valence-corrected chi connectivity index (χ4v) is 5.61. The number of hydrogen-bond donors (Lipinski definition) is 0. The van der Waals surface area contributed by atoms with Crippen molar-refractivity contribution in [2.75, 3.05) is 13.3 Å². The van der Waals surface area contributed by atoms with Gasteiger partial charge in [0, 0.05) is 42.9 Å². The maximum Gasteiger partial charge on any atom is 0.231 e. The summed E-state index contributed by atoms with van der Waals surface area (Å²) in [6, 6.07) is 17.1. The highest BCUT2D eigenvalue weighted by molar-refractivity contribution is 6.17. The van der Waals surface area contributed by atoms with Gasteiger partial charge in [-0.1, -0.05) is 36.4 Å². The summed E-state index contributed by atoms with van der Waals surface area (Å²) in [7, 11) is 0. The Morgan fingerprint density at radius 2 is 1.74 bits per heavy atom. The molecule has 0 fully saturated rings. The van der Waals surface area contributed by atoms with E-state index in [2.05, 4.69) is 47.4 Å². The molecule has 4 heterocycles. The summed E-state index contributed by atoms with van der Waals surface area (Å²) in [6.07, 6.45) is 2.35. The Kier molecular flexibility index (Phi) is 3.56. The van der Waals surface area contributed by atoms with Crippen molar-refractivity contribution < 1.29 is 14.3 Å². The van der Waals surface area contributed by atoms with Crippen molar-refractivity contribution in [3.63, 3.8) is 0 Å². The topological polar surface area (TPSA) is 43.7 Å². The number of nitrogens with zero attached hydrogens (tertiary/aromatic N) is 2. The third-order valence-electron chi connectivity index (χ3n) is 6.98. The van der Waals surface area contributed by atoms with Crippen LogP contribution in [0.15, 0.2) is 48.5 Å². The second kappa shape index (κ2) is 6.34. The molecule has 4 aromatic rings. The van der Waals surface area contributed by atoms with Gasteiger partial charge in [-0.15, -0.1) is 0 Å². The quantitative estimate of drug-likeness (QED) is 0.482. The molecule has 154 valence electrons.